The largest absolute Gasteiger partial charge is 0.491 e. The Morgan fingerprint density at radius 3 is 2.89 bits per heavy atom. The Morgan fingerprint density at radius 2 is 2.06 bits per heavy atom. The highest BCUT2D eigenvalue weighted by Crippen LogP contribution is 2.28. The van der Waals surface area contributed by atoms with Gasteiger partial charge in [-0.05, 0) is 31.0 Å². The fourth-order valence-electron chi connectivity index (χ4n) is 2.18. The quantitative estimate of drug-likeness (QED) is 0.886. The molecule has 18 heavy (non-hydrogen) atoms. The predicted octanol–water partition coefficient (Wildman–Crippen LogP) is 2.52. The van der Waals surface area contributed by atoms with Crippen molar-refractivity contribution >= 4 is 5.69 Å². The number of hydrogen-bond acceptors (Lipinski definition) is 3. The number of anilines is 1. The molecule has 1 aliphatic rings. The molecule has 0 atom stereocenters. The zero-order valence-electron chi connectivity index (χ0n) is 11.5. The Bertz CT molecular complexity index is 357. The lowest BCUT2D eigenvalue weighted by molar-refractivity contribution is 0.271. The Kier molecular flexibility index (Phi) is 4.88. The van der Waals surface area contributed by atoms with Crippen LogP contribution >= 0.6 is 0 Å². The van der Waals surface area contributed by atoms with Crippen LogP contribution in [0.5, 0.6) is 5.75 Å². The van der Waals surface area contributed by atoms with Crippen LogP contribution in [-0.2, 0) is 0 Å². The van der Waals surface area contributed by atoms with Crippen LogP contribution in [0.4, 0.5) is 5.69 Å². The maximum absolute atomic E-state index is 5.93. The van der Waals surface area contributed by atoms with E-state index in [4.69, 9.17) is 4.74 Å². The minimum atomic E-state index is 0.559. The normalized spacial score (nSPS) is 16.7. The van der Waals surface area contributed by atoms with Gasteiger partial charge < -0.3 is 15.0 Å². The Balaban J connectivity index is 2.09. The van der Waals surface area contributed by atoms with E-state index in [2.05, 4.69) is 48.3 Å². The number of nitrogens with one attached hydrogen (secondary N) is 1. The van der Waals surface area contributed by atoms with E-state index in [1.807, 2.05) is 0 Å². The van der Waals surface area contributed by atoms with Crippen molar-refractivity contribution in [1.82, 2.24) is 5.32 Å². The van der Waals surface area contributed by atoms with Crippen molar-refractivity contribution in [2.75, 3.05) is 37.7 Å². The first-order chi connectivity index (χ1) is 8.77. The molecule has 0 aromatic heterocycles. The lowest BCUT2D eigenvalue weighted by atomic mass is 10.2. The molecule has 0 unspecified atom stereocenters. The zero-order chi connectivity index (χ0) is 12.8. The van der Waals surface area contributed by atoms with E-state index in [0.717, 1.165) is 38.5 Å². The molecule has 0 spiro atoms. The van der Waals surface area contributed by atoms with Gasteiger partial charge in [-0.2, -0.15) is 0 Å². The van der Waals surface area contributed by atoms with E-state index < -0.39 is 0 Å². The molecule has 2 rings (SSSR count). The van der Waals surface area contributed by atoms with Crippen molar-refractivity contribution in [2.24, 2.45) is 5.92 Å². The van der Waals surface area contributed by atoms with Crippen molar-refractivity contribution in [3.8, 4) is 5.75 Å². The van der Waals surface area contributed by atoms with E-state index in [-0.39, 0.29) is 0 Å². The van der Waals surface area contributed by atoms with Crippen LogP contribution in [0, 0.1) is 5.92 Å². The van der Waals surface area contributed by atoms with Crippen LogP contribution in [0.25, 0.3) is 0 Å². The summed E-state index contributed by atoms with van der Waals surface area (Å²) in [4.78, 5) is 2.43. The highest BCUT2D eigenvalue weighted by molar-refractivity contribution is 5.58. The summed E-state index contributed by atoms with van der Waals surface area (Å²) in [6, 6.07) is 8.39. The highest BCUT2D eigenvalue weighted by Gasteiger charge is 2.13. The van der Waals surface area contributed by atoms with Gasteiger partial charge in [-0.3, -0.25) is 0 Å². The van der Waals surface area contributed by atoms with Crippen LogP contribution in [0.15, 0.2) is 24.3 Å². The third-order valence-corrected chi connectivity index (χ3v) is 3.12. The standard InChI is InChI=1S/C15H24N2O/c1-13(2)12-18-15-7-4-3-6-14(15)17-10-5-8-16-9-11-17/h3-4,6-7,13,16H,5,8-12H2,1-2H3. The monoisotopic (exact) mass is 248 g/mol. The molecule has 1 aromatic carbocycles. The van der Waals surface area contributed by atoms with Gasteiger partial charge in [0.05, 0.1) is 12.3 Å². The van der Waals surface area contributed by atoms with E-state index in [0.29, 0.717) is 5.92 Å². The average molecular weight is 248 g/mol. The van der Waals surface area contributed by atoms with Gasteiger partial charge in [0.2, 0.25) is 0 Å². The fourth-order valence-corrected chi connectivity index (χ4v) is 2.18. The molecule has 0 saturated carbocycles. The first kappa shape index (κ1) is 13.2. The molecule has 1 fully saturated rings. The Morgan fingerprint density at radius 1 is 1.22 bits per heavy atom. The molecule has 1 saturated heterocycles. The summed E-state index contributed by atoms with van der Waals surface area (Å²) < 4.78 is 5.93. The molecule has 1 aliphatic heterocycles. The highest BCUT2D eigenvalue weighted by atomic mass is 16.5. The van der Waals surface area contributed by atoms with Crippen LogP contribution in [0.3, 0.4) is 0 Å². The number of ether oxygens (including phenoxy) is 1. The molecule has 1 heterocycles. The zero-order valence-corrected chi connectivity index (χ0v) is 11.5. The summed E-state index contributed by atoms with van der Waals surface area (Å²) in [5.41, 5.74) is 1.24. The van der Waals surface area contributed by atoms with E-state index >= 15 is 0 Å². The Hall–Kier alpha value is -1.22. The molecule has 100 valence electrons. The predicted molar refractivity (Wildman–Crippen MR) is 76.5 cm³/mol. The number of rotatable bonds is 4. The third-order valence-electron chi connectivity index (χ3n) is 3.12. The van der Waals surface area contributed by atoms with Crippen LogP contribution < -0.4 is 15.0 Å². The van der Waals surface area contributed by atoms with Crippen molar-refractivity contribution in [1.29, 1.82) is 0 Å². The maximum Gasteiger partial charge on any atom is 0.142 e. The van der Waals surface area contributed by atoms with Crippen LogP contribution in [0.2, 0.25) is 0 Å². The molecular formula is C15H24N2O. The maximum atomic E-state index is 5.93. The smallest absolute Gasteiger partial charge is 0.142 e. The minimum absolute atomic E-state index is 0.559. The lowest BCUT2D eigenvalue weighted by Crippen LogP contribution is -2.28. The van der Waals surface area contributed by atoms with Crippen molar-refractivity contribution < 1.29 is 4.74 Å². The van der Waals surface area contributed by atoms with Crippen LogP contribution in [0.1, 0.15) is 20.3 Å². The van der Waals surface area contributed by atoms with E-state index in [1.165, 1.54) is 12.1 Å². The molecule has 1 N–H and O–H groups in total. The second-order valence-electron chi connectivity index (χ2n) is 5.26. The number of benzene rings is 1. The molecule has 1 aromatic rings. The molecule has 3 nitrogen and oxygen atoms in total. The molecule has 0 radical (unpaired) electrons. The number of para-hydroxylation sites is 2. The molecular weight excluding hydrogens is 224 g/mol. The Labute approximate surface area is 110 Å². The SMILES string of the molecule is CC(C)COc1ccccc1N1CCCNCC1. The lowest BCUT2D eigenvalue weighted by Gasteiger charge is -2.25. The number of nitrogens with zero attached hydrogens (tertiary/aromatic N) is 1. The van der Waals surface area contributed by atoms with Gasteiger partial charge in [0.25, 0.3) is 0 Å². The minimum Gasteiger partial charge on any atom is -0.491 e. The van der Waals surface area contributed by atoms with Gasteiger partial charge in [0.1, 0.15) is 5.75 Å². The van der Waals surface area contributed by atoms with E-state index in [9.17, 15) is 0 Å². The first-order valence-electron chi connectivity index (χ1n) is 6.95. The second kappa shape index (κ2) is 6.64. The molecule has 0 bridgehead atoms. The van der Waals surface area contributed by atoms with E-state index in [1.54, 1.807) is 0 Å². The summed E-state index contributed by atoms with van der Waals surface area (Å²) >= 11 is 0. The molecule has 0 aliphatic carbocycles. The van der Waals surface area contributed by atoms with Crippen molar-refractivity contribution in [2.45, 2.75) is 20.3 Å². The number of hydrogen-bond donors (Lipinski definition) is 1. The summed E-state index contributed by atoms with van der Waals surface area (Å²) in [5, 5.41) is 3.43. The van der Waals surface area contributed by atoms with Gasteiger partial charge in [-0.15, -0.1) is 0 Å². The summed E-state index contributed by atoms with van der Waals surface area (Å²) in [7, 11) is 0. The van der Waals surface area contributed by atoms with Gasteiger partial charge in [0.15, 0.2) is 0 Å². The van der Waals surface area contributed by atoms with Gasteiger partial charge in [0, 0.05) is 19.6 Å². The molecule has 3 heteroatoms. The summed E-state index contributed by atoms with van der Waals surface area (Å²) in [6.07, 6.45) is 1.19. The topological polar surface area (TPSA) is 24.5 Å². The summed E-state index contributed by atoms with van der Waals surface area (Å²) in [6.45, 7) is 9.47. The average Bonchev–Trinajstić information content (AvgIpc) is 2.65. The second-order valence-corrected chi connectivity index (χ2v) is 5.26. The van der Waals surface area contributed by atoms with Gasteiger partial charge in [-0.25, -0.2) is 0 Å². The first-order valence-corrected chi connectivity index (χ1v) is 6.95. The van der Waals surface area contributed by atoms with Gasteiger partial charge >= 0.3 is 0 Å². The van der Waals surface area contributed by atoms with Crippen LogP contribution in [-0.4, -0.2) is 32.8 Å². The third kappa shape index (κ3) is 3.64. The fraction of sp³-hybridized carbons (Fsp3) is 0.600. The van der Waals surface area contributed by atoms with Gasteiger partial charge in [-0.1, -0.05) is 26.0 Å². The summed E-state index contributed by atoms with van der Waals surface area (Å²) in [5.74, 6) is 1.58. The van der Waals surface area contributed by atoms with Crippen molar-refractivity contribution in [3.05, 3.63) is 24.3 Å². The molecule has 0 amide bonds. The van der Waals surface area contributed by atoms with Crippen molar-refractivity contribution in [3.63, 3.8) is 0 Å².